The molecule has 0 saturated carbocycles. The third-order valence-corrected chi connectivity index (χ3v) is 4.76. The molecule has 4 nitrogen and oxygen atoms in total. The minimum absolute atomic E-state index is 0.180. The molecular weight excluding hydrogens is 389 g/mol. The van der Waals surface area contributed by atoms with Gasteiger partial charge in [-0.15, -0.1) is 0 Å². The van der Waals surface area contributed by atoms with Crippen molar-refractivity contribution in [3.63, 3.8) is 0 Å². The summed E-state index contributed by atoms with van der Waals surface area (Å²) < 4.78 is 25.7. The quantitative estimate of drug-likeness (QED) is 0.793. The van der Waals surface area contributed by atoms with Crippen molar-refractivity contribution in [2.24, 2.45) is 0 Å². The molecule has 25 heavy (non-hydrogen) atoms. The van der Waals surface area contributed by atoms with Gasteiger partial charge < -0.3 is 14.6 Å². The van der Waals surface area contributed by atoms with Crippen molar-refractivity contribution in [2.45, 2.75) is 12.2 Å². The Hall–Kier alpha value is -1.47. The summed E-state index contributed by atoms with van der Waals surface area (Å²) in [6.45, 7) is 2.61. The van der Waals surface area contributed by atoms with Crippen LogP contribution in [0.15, 0.2) is 53.0 Å². The van der Waals surface area contributed by atoms with Gasteiger partial charge in [0.05, 0.1) is 17.2 Å². The highest BCUT2D eigenvalue weighted by Gasteiger charge is 2.24. The van der Waals surface area contributed by atoms with Gasteiger partial charge in [0.2, 0.25) is 0 Å². The maximum atomic E-state index is 13.4. The van der Waals surface area contributed by atoms with Crippen molar-refractivity contribution in [3.05, 3.63) is 64.4 Å². The smallest absolute Gasteiger partial charge is 0.133 e. The molecule has 1 fully saturated rings. The average Bonchev–Trinajstić information content (AvgIpc) is 2.61. The van der Waals surface area contributed by atoms with E-state index >= 15 is 0 Å². The first kappa shape index (κ1) is 18.3. The lowest BCUT2D eigenvalue weighted by atomic mass is 10.1. The minimum Gasteiger partial charge on any atom is -0.490 e. The Morgan fingerprint density at radius 1 is 1.28 bits per heavy atom. The van der Waals surface area contributed by atoms with Gasteiger partial charge in [-0.25, -0.2) is 4.39 Å². The van der Waals surface area contributed by atoms with Crippen LogP contribution in [0.5, 0.6) is 5.75 Å². The summed E-state index contributed by atoms with van der Waals surface area (Å²) in [4.78, 5) is 2.12. The van der Waals surface area contributed by atoms with Gasteiger partial charge in [-0.05, 0) is 45.8 Å². The van der Waals surface area contributed by atoms with E-state index in [2.05, 4.69) is 20.8 Å². The van der Waals surface area contributed by atoms with Crippen molar-refractivity contribution in [1.82, 2.24) is 4.90 Å². The van der Waals surface area contributed by atoms with E-state index in [-0.39, 0.29) is 18.5 Å². The largest absolute Gasteiger partial charge is 0.490 e. The molecule has 1 saturated heterocycles. The first-order valence-corrected chi connectivity index (χ1v) is 9.06. The molecule has 2 atom stereocenters. The Morgan fingerprint density at radius 2 is 2.12 bits per heavy atom. The molecule has 2 aromatic carbocycles. The van der Waals surface area contributed by atoms with Crippen LogP contribution in [-0.2, 0) is 4.74 Å². The Labute approximate surface area is 155 Å². The van der Waals surface area contributed by atoms with Crippen LogP contribution in [-0.4, -0.2) is 49.0 Å². The first-order valence-electron chi connectivity index (χ1n) is 8.26. The van der Waals surface area contributed by atoms with Gasteiger partial charge in [0, 0.05) is 19.6 Å². The number of halogens is 2. The van der Waals surface area contributed by atoms with Crippen LogP contribution in [0.3, 0.4) is 0 Å². The van der Waals surface area contributed by atoms with Crippen LogP contribution < -0.4 is 4.74 Å². The molecule has 0 bridgehead atoms. The standard InChI is InChI=1S/C19H21BrFNO3/c20-17-6-1-2-7-18(17)25-13-16(23)11-22-8-9-24-19(12-22)14-4-3-5-15(21)10-14/h1-7,10,16,19,23H,8-9,11-13H2. The minimum atomic E-state index is -0.613. The summed E-state index contributed by atoms with van der Waals surface area (Å²) in [5, 5.41) is 10.3. The van der Waals surface area contributed by atoms with E-state index in [1.54, 1.807) is 6.07 Å². The molecule has 1 heterocycles. The van der Waals surface area contributed by atoms with E-state index < -0.39 is 6.10 Å². The summed E-state index contributed by atoms with van der Waals surface area (Å²) in [5.41, 5.74) is 0.823. The number of hydrogen-bond acceptors (Lipinski definition) is 4. The molecule has 134 valence electrons. The van der Waals surface area contributed by atoms with Crippen molar-refractivity contribution >= 4 is 15.9 Å². The number of nitrogens with zero attached hydrogens (tertiary/aromatic N) is 1. The molecule has 0 aromatic heterocycles. The Bertz CT molecular complexity index is 700. The van der Waals surface area contributed by atoms with Crippen molar-refractivity contribution in [2.75, 3.05) is 32.8 Å². The van der Waals surface area contributed by atoms with Gasteiger partial charge in [-0.3, -0.25) is 4.90 Å². The van der Waals surface area contributed by atoms with Crippen LogP contribution in [0.1, 0.15) is 11.7 Å². The van der Waals surface area contributed by atoms with E-state index in [0.717, 1.165) is 16.6 Å². The number of hydrogen-bond donors (Lipinski definition) is 1. The summed E-state index contributed by atoms with van der Waals surface area (Å²) in [5.74, 6) is 0.446. The number of rotatable bonds is 6. The fourth-order valence-corrected chi connectivity index (χ4v) is 3.27. The third-order valence-electron chi connectivity index (χ3n) is 4.11. The topological polar surface area (TPSA) is 41.9 Å². The number of morpholine rings is 1. The normalized spacial score (nSPS) is 19.6. The predicted molar refractivity (Wildman–Crippen MR) is 97.2 cm³/mol. The number of benzene rings is 2. The highest BCUT2D eigenvalue weighted by atomic mass is 79.9. The van der Waals surface area contributed by atoms with Crippen LogP contribution >= 0.6 is 15.9 Å². The monoisotopic (exact) mass is 409 g/mol. The van der Waals surface area contributed by atoms with E-state index in [1.807, 2.05) is 30.3 Å². The van der Waals surface area contributed by atoms with E-state index in [0.29, 0.717) is 25.4 Å². The lowest BCUT2D eigenvalue weighted by molar-refractivity contribution is -0.0460. The summed E-state index contributed by atoms with van der Waals surface area (Å²) in [7, 11) is 0. The van der Waals surface area contributed by atoms with Crippen LogP contribution in [0.2, 0.25) is 0 Å². The van der Waals surface area contributed by atoms with Crippen molar-refractivity contribution in [1.29, 1.82) is 0 Å². The molecule has 1 aliphatic rings. The van der Waals surface area contributed by atoms with Gasteiger partial charge in [-0.1, -0.05) is 24.3 Å². The van der Waals surface area contributed by atoms with E-state index in [9.17, 15) is 9.50 Å². The number of aliphatic hydroxyl groups is 1. The highest BCUT2D eigenvalue weighted by Crippen LogP contribution is 2.25. The zero-order valence-corrected chi connectivity index (χ0v) is 15.4. The molecule has 2 unspecified atom stereocenters. The molecule has 0 spiro atoms. The molecule has 3 rings (SSSR count). The molecule has 1 aliphatic heterocycles. The molecule has 2 aromatic rings. The van der Waals surface area contributed by atoms with Gasteiger partial charge in [0.15, 0.2) is 0 Å². The van der Waals surface area contributed by atoms with Crippen LogP contribution in [0.25, 0.3) is 0 Å². The maximum absolute atomic E-state index is 13.4. The van der Waals surface area contributed by atoms with Crippen molar-refractivity contribution in [3.8, 4) is 5.75 Å². The fourth-order valence-electron chi connectivity index (χ4n) is 2.88. The fraction of sp³-hybridized carbons (Fsp3) is 0.368. The van der Waals surface area contributed by atoms with Crippen molar-refractivity contribution < 1.29 is 19.0 Å². The summed E-state index contributed by atoms with van der Waals surface area (Å²) >= 11 is 3.42. The molecule has 6 heteroatoms. The molecule has 0 aliphatic carbocycles. The Kier molecular flexibility index (Phi) is 6.42. The third kappa shape index (κ3) is 5.25. The lowest BCUT2D eigenvalue weighted by Crippen LogP contribution is -2.43. The van der Waals surface area contributed by atoms with Gasteiger partial charge >= 0.3 is 0 Å². The second-order valence-corrected chi connectivity index (χ2v) is 6.92. The van der Waals surface area contributed by atoms with Gasteiger partial charge in [0.25, 0.3) is 0 Å². The first-order chi connectivity index (χ1) is 12.1. The highest BCUT2D eigenvalue weighted by molar-refractivity contribution is 9.10. The number of para-hydroxylation sites is 1. The predicted octanol–water partition coefficient (Wildman–Crippen LogP) is 3.40. The molecule has 0 amide bonds. The maximum Gasteiger partial charge on any atom is 0.133 e. The molecule has 0 radical (unpaired) electrons. The number of aliphatic hydroxyl groups excluding tert-OH is 1. The second-order valence-electron chi connectivity index (χ2n) is 6.07. The SMILES string of the molecule is OC(COc1ccccc1Br)CN1CCOC(c2cccc(F)c2)C1. The van der Waals surface area contributed by atoms with E-state index in [1.165, 1.54) is 12.1 Å². The Balaban J connectivity index is 1.51. The summed E-state index contributed by atoms with van der Waals surface area (Å²) in [6.07, 6.45) is -0.792. The molecular formula is C19H21BrFNO3. The number of β-amino-alcohol motifs (C(OH)–C–C–N with tert-alkyl or cyclic N) is 1. The van der Waals surface area contributed by atoms with Gasteiger partial charge in [-0.2, -0.15) is 0 Å². The molecule has 1 N–H and O–H groups in total. The van der Waals surface area contributed by atoms with E-state index in [4.69, 9.17) is 9.47 Å². The summed E-state index contributed by atoms with van der Waals surface area (Å²) in [6, 6.07) is 14.0. The lowest BCUT2D eigenvalue weighted by Gasteiger charge is -2.34. The Morgan fingerprint density at radius 3 is 2.92 bits per heavy atom. The average molecular weight is 410 g/mol. The van der Waals surface area contributed by atoms with Crippen LogP contribution in [0.4, 0.5) is 4.39 Å². The van der Waals surface area contributed by atoms with Gasteiger partial charge in [0.1, 0.15) is 24.3 Å². The van der Waals surface area contributed by atoms with Crippen LogP contribution in [0, 0.1) is 5.82 Å². The second kappa shape index (κ2) is 8.76. The zero-order valence-electron chi connectivity index (χ0n) is 13.8. The zero-order chi connectivity index (χ0) is 17.6. The number of ether oxygens (including phenoxy) is 2.